The second-order valence-corrected chi connectivity index (χ2v) is 0. The van der Waals surface area contributed by atoms with Crippen LogP contribution in [0.25, 0.3) is 0 Å². The molecule has 0 unspecified atom stereocenters. The topological polar surface area (TPSA) is 0 Å². The average Bonchev–Trinajstić information content (AvgIpc) is 0. The monoisotopic (exact) mass is 502 g/mol. The quantitative estimate of drug-likeness (QED) is 0.383. The van der Waals surface area contributed by atoms with Crippen molar-refractivity contribution in [2.75, 3.05) is 0 Å². The Hall–Kier alpha value is 3.30. The third kappa shape index (κ3) is 9.00. The van der Waals surface area contributed by atoms with Crippen LogP contribution in [0.5, 0.6) is 0 Å². The second kappa shape index (κ2) is 16.3. The first kappa shape index (κ1) is 26.6. The van der Waals surface area contributed by atoms with E-state index >= 15 is 0 Å². The van der Waals surface area contributed by atoms with E-state index in [4.69, 9.17) is 0 Å². The van der Waals surface area contributed by atoms with Gasteiger partial charge in [-0.15, -0.1) is 0 Å². The third-order valence-electron chi connectivity index (χ3n) is 0. The van der Waals surface area contributed by atoms with Crippen molar-refractivity contribution in [3.8, 4) is 0 Å². The summed E-state index contributed by atoms with van der Waals surface area (Å²) in [5, 5.41) is 0. The normalized spacial score (nSPS) is 0. The SMILES string of the molecule is [Bi].[Cd].[In].[Zn]. The van der Waals surface area contributed by atoms with Crippen molar-refractivity contribution in [1.29, 1.82) is 0 Å². The van der Waals surface area contributed by atoms with Crippen LogP contribution in [0.2, 0.25) is 0 Å². The number of hydrogen-bond acceptors (Lipinski definition) is 0. The zero-order valence-corrected chi connectivity index (χ0v) is 16.2. The minimum Gasteiger partial charge on any atom is 0 e. The van der Waals surface area contributed by atoms with Crippen LogP contribution in [-0.2, 0) is 46.8 Å². The zero-order valence-electron chi connectivity index (χ0n) is 2.44. The molecule has 0 atom stereocenters. The zero-order chi connectivity index (χ0) is 0. The van der Waals surface area contributed by atoms with Crippen LogP contribution in [-0.4, -0.2) is 52.0 Å². The third-order valence-corrected chi connectivity index (χ3v) is 0. The fourth-order valence-electron chi connectivity index (χ4n) is 0. The molecule has 0 saturated carbocycles. The minimum atomic E-state index is 0. The molecule has 0 aliphatic rings. The standard InChI is InChI=1S/Bi.Cd.In.Zn. The molecule has 0 aromatic carbocycles. The van der Waals surface area contributed by atoms with Crippen molar-refractivity contribution in [3.63, 3.8) is 0 Å². The van der Waals surface area contributed by atoms with Gasteiger partial charge in [-0.05, 0) is 0 Å². The van der Waals surface area contributed by atoms with Gasteiger partial charge in [-0.1, -0.05) is 0 Å². The van der Waals surface area contributed by atoms with Crippen LogP contribution in [0.4, 0.5) is 0 Å². The van der Waals surface area contributed by atoms with E-state index in [1.165, 1.54) is 0 Å². The van der Waals surface area contributed by atoms with Gasteiger partial charge in [0.2, 0.25) is 0 Å². The molecule has 12 valence electrons. The van der Waals surface area contributed by atoms with Crippen molar-refractivity contribution < 1.29 is 46.8 Å². The molecule has 0 fully saturated rings. The maximum Gasteiger partial charge on any atom is 0 e. The summed E-state index contributed by atoms with van der Waals surface area (Å²) in [6, 6.07) is 0. The molecule has 6 radical (unpaired) electrons. The van der Waals surface area contributed by atoms with Crippen LogP contribution in [0.3, 0.4) is 0 Å². The van der Waals surface area contributed by atoms with Crippen molar-refractivity contribution in [2.24, 2.45) is 0 Å². The van der Waals surface area contributed by atoms with E-state index in [9.17, 15) is 0 Å². The summed E-state index contributed by atoms with van der Waals surface area (Å²) in [6.45, 7) is 0. The van der Waals surface area contributed by atoms with Gasteiger partial charge in [0.1, 0.15) is 0 Å². The summed E-state index contributed by atoms with van der Waals surface area (Å²) in [7, 11) is 0. The predicted molar refractivity (Wildman–Crippen MR) is 11.5 cm³/mol. The summed E-state index contributed by atoms with van der Waals surface area (Å²) in [5.74, 6) is 0. The summed E-state index contributed by atoms with van der Waals surface area (Å²) in [6.07, 6.45) is 0. The van der Waals surface area contributed by atoms with E-state index in [0.29, 0.717) is 0 Å². The van der Waals surface area contributed by atoms with Gasteiger partial charge < -0.3 is 0 Å². The molecule has 0 rings (SSSR count). The molecular formula is BiCdInZn. The fraction of sp³-hybridized carbons (Fsp3) is 0. The van der Waals surface area contributed by atoms with Gasteiger partial charge in [-0.3, -0.25) is 0 Å². The van der Waals surface area contributed by atoms with Crippen molar-refractivity contribution in [1.82, 2.24) is 0 Å². The maximum absolute atomic E-state index is 0. The predicted octanol–water partition coefficient (Wildman–Crippen LogP) is -0.767. The van der Waals surface area contributed by atoms with Gasteiger partial charge in [0, 0.05) is 98.8 Å². The molecule has 0 bridgehead atoms. The van der Waals surface area contributed by atoms with E-state index in [-0.39, 0.29) is 98.8 Å². The van der Waals surface area contributed by atoms with Crippen molar-refractivity contribution >= 4 is 52.0 Å². The van der Waals surface area contributed by atoms with Crippen molar-refractivity contribution in [3.05, 3.63) is 0 Å². The van der Waals surface area contributed by atoms with Crippen LogP contribution in [0.15, 0.2) is 0 Å². The van der Waals surface area contributed by atoms with Crippen LogP contribution < -0.4 is 0 Å². The molecule has 4 heteroatoms. The first-order chi connectivity index (χ1) is 0. The Balaban J connectivity index is 0. The maximum atomic E-state index is 0. The molecular weight excluding hydrogens is 502 g/mol. The molecule has 0 spiro atoms. The van der Waals surface area contributed by atoms with Crippen LogP contribution in [0.1, 0.15) is 0 Å². The first-order valence-electron chi connectivity index (χ1n) is 0. The minimum absolute atomic E-state index is 0. The number of hydrogen-bond donors (Lipinski definition) is 0. The molecule has 0 saturated heterocycles. The van der Waals surface area contributed by atoms with E-state index in [0.717, 1.165) is 0 Å². The fourth-order valence-corrected chi connectivity index (χ4v) is 0. The Bertz CT molecular complexity index is 8.00. The largest absolute Gasteiger partial charge is 0 e. The molecule has 0 heterocycles. The Morgan fingerprint density at radius 3 is 1.00 bits per heavy atom. The van der Waals surface area contributed by atoms with Crippen LogP contribution >= 0.6 is 0 Å². The van der Waals surface area contributed by atoms with Gasteiger partial charge in [0.05, 0.1) is 0 Å². The smallest absolute Gasteiger partial charge is 0 e. The Labute approximate surface area is 96.7 Å². The molecule has 0 aromatic rings. The molecule has 0 nitrogen and oxygen atoms in total. The van der Waals surface area contributed by atoms with Crippen molar-refractivity contribution in [2.45, 2.75) is 0 Å². The van der Waals surface area contributed by atoms with Gasteiger partial charge in [-0.25, -0.2) is 0 Å². The van der Waals surface area contributed by atoms with Gasteiger partial charge in [0.15, 0.2) is 0 Å². The van der Waals surface area contributed by atoms with Crippen LogP contribution in [0, 0.1) is 0 Å². The molecule has 0 N–H and O–H groups in total. The molecule has 0 aliphatic heterocycles. The molecule has 0 aliphatic carbocycles. The van der Waals surface area contributed by atoms with Gasteiger partial charge in [0.25, 0.3) is 0 Å². The van der Waals surface area contributed by atoms with E-state index in [1.54, 1.807) is 0 Å². The number of rotatable bonds is 0. The first-order valence-corrected chi connectivity index (χ1v) is 0. The van der Waals surface area contributed by atoms with E-state index < -0.39 is 0 Å². The Kier molecular flexibility index (Phi) is 108. The second-order valence-electron chi connectivity index (χ2n) is 0. The Morgan fingerprint density at radius 1 is 1.00 bits per heavy atom. The molecule has 0 aromatic heterocycles. The molecule has 0 amide bonds. The summed E-state index contributed by atoms with van der Waals surface area (Å²) in [5.41, 5.74) is 0. The van der Waals surface area contributed by atoms with E-state index in [1.807, 2.05) is 0 Å². The Morgan fingerprint density at radius 2 is 1.00 bits per heavy atom. The van der Waals surface area contributed by atoms with E-state index in [2.05, 4.69) is 0 Å². The van der Waals surface area contributed by atoms with Gasteiger partial charge >= 0.3 is 0 Å². The summed E-state index contributed by atoms with van der Waals surface area (Å²) >= 11 is 0. The van der Waals surface area contributed by atoms with Gasteiger partial charge in [-0.2, -0.15) is 0 Å². The average molecular weight is 502 g/mol. The summed E-state index contributed by atoms with van der Waals surface area (Å²) in [4.78, 5) is 0. The molecule has 4 heavy (non-hydrogen) atoms. The summed E-state index contributed by atoms with van der Waals surface area (Å²) < 4.78 is 0.